The van der Waals surface area contributed by atoms with Gasteiger partial charge in [0.15, 0.2) is 0 Å². The van der Waals surface area contributed by atoms with E-state index in [-0.39, 0.29) is 18.0 Å². The van der Waals surface area contributed by atoms with Crippen LogP contribution in [0.1, 0.15) is 47.1 Å². The number of esters is 1. The van der Waals surface area contributed by atoms with Crippen LogP contribution in [0.2, 0.25) is 0 Å². The van der Waals surface area contributed by atoms with Gasteiger partial charge in [-0.15, -0.1) is 0 Å². The van der Waals surface area contributed by atoms with Crippen LogP contribution in [-0.4, -0.2) is 26.8 Å². The van der Waals surface area contributed by atoms with Crippen LogP contribution in [0, 0.1) is 6.92 Å². The van der Waals surface area contributed by atoms with Gasteiger partial charge in [0.2, 0.25) is 0 Å². The Balaban J connectivity index is 1.39. The summed E-state index contributed by atoms with van der Waals surface area (Å²) in [4.78, 5) is 11.7. The lowest BCUT2D eigenvalue weighted by Gasteiger charge is -2.17. The standard InChI is InChI=1S/C28H28O5/c1-17-20(6-5-9-25(17)30-2)22-7-4-8-24-23(22)12-13-26(24)33-19-10-11-21-18(14-28(29)31-3)16-32-27(21)15-19/h4-11,15,18,26H,12-14,16H2,1-3H3/t18-,26-/m1/s1. The Labute approximate surface area is 194 Å². The second-order valence-electron chi connectivity index (χ2n) is 8.64. The quantitative estimate of drug-likeness (QED) is 0.452. The predicted octanol–water partition coefficient (Wildman–Crippen LogP) is 5.78. The molecule has 0 saturated heterocycles. The smallest absolute Gasteiger partial charge is 0.306 e. The molecule has 1 aliphatic heterocycles. The third kappa shape index (κ3) is 3.92. The van der Waals surface area contributed by atoms with Gasteiger partial charge in [0, 0.05) is 17.5 Å². The first-order chi connectivity index (χ1) is 16.1. The molecular weight excluding hydrogens is 416 g/mol. The van der Waals surface area contributed by atoms with Gasteiger partial charge in [-0.2, -0.15) is 0 Å². The largest absolute Gasteiger partial charge is 0.496 e. The summed E-state index contributed by atoms with van der Waals surface area (Å²) in [6.07, 6.45) is 2.22. The van der Waals surface area contributed by atoms with Crippen LogP contribution in [0.3, 0.4) is 0 Å². The Kier molecular flexibility index (Phi) is 5.71. The molecule has 1 heterocycles. The van der Waals surface area contributed by atoms with E-state index in [0.717, 1.165) is 41.2 Å². The molecule has 0 aromatic heterocycles. The van der Waals surface area contributed by atoms with Gasteiger partial charge < -0.3 is 18.9 Å². The average molecular weight is 445 g/mol. The molecule has 33 heavy (non-hydrogen) atoms. The van der Waals surface area contributed by atoms with Crippen molar-refractivity contribution in [2.24, 2.45) is 0 Å². The topological polar surface area (TPSA) is 54.0 Å². The predicted molar refractivity (Wildman–Crippen MR) is 126 cm³/mol. The van der Waals surface area contributed by atoms with E-state index in [2.05, 4.69) is 31.2 Å². The van der Waals surface area contributed by atoms with Crippen molar-refractivity contribution >= 4 is 5.97 Å². The maximum absolute atomic E-state index is 11.7. The SMILES string of the molecule is COC(=O)C[C@@H]1COc2cc(O[C@@H]3CCc4c(-c5cccc(OC)c5C)cccc43)ccc21. The minimum absolute atomic E-state index is 0.00353. The first kappa shape index (κ1) is 21.4. The second-order valence-corrected chi connectivity index (χ2v) is 8.64. The Morgan fingerprint density at radius 1 is 1.03 bits per heavy atom. The Morgan fingerprint density at radius 2 is 1.85 bits per heavy atom. The Bertz CT molecular complexity index is 1200. The van der Waals surface area contributed by atoms with Crippen LogP contribution in [0.25, 0.3) is 11.1 Å². The summed E-state index contributed by atoms with van der Waals surface area (Å²) in [6.45, 7) is 2.60. The molecule has 0 spiro atoms. The highest BCUT2D eigenvalue weighted by Crippen LogP contribution is 2.44. The Morgan fingerprint density at radius 3 is 2.67 bits per heavy atom. The number of rotatable bonds is 6. The van der Waals surface area contributed by atoms with Crippen LogP contribution in [0.15, 0.2) is 54.6 Å². The minimum atomic E-state index is -0.221. The van der Waals surface area contributed by atoms with E-state index in [1.807, 2.05) is 30.3 Å². The van der Waals surface area contributed by atoms with Gasteiger partial charge in [-0.25, -0.2) is 0 Å². The minimum Gasteiger partial charge on any atom is -0.496 e. The van der Waals surface area contributed by atoms with Crippen molar-refractivity contribution in [3.05, 3.63) is 76.9 Å². The molecule has 3 aromatic rings. The van der Waals surface area contributed by atoms with Crippen LogP contribution >= 0.6 is 0 Å². The van der Waals surface area contributed by atoms with E-state index in [1.54, 1.807) is 7.11 Å². The third-order valence-corrected chi connectivity index (χ3v) is 6.79. The molecule has 0 bridgehead atoms. The summed E-state index contributed by atoms with van der Waals surface area (Å²) in [7, 11) is 3.12. The molecule has 0 fully saturated rings. The fourth-order valence-electron chi connectivity index (χ4n) is 5.07. The maximum atomic E-state index is 11.7. The summed E-state index contributed by atoms with van der Waals surface area (Å²) in [6, 6.07) is 18.6. The molecule has 5 heteroatoms. The lowest BCUT2D eigenvalue weighted by Crippen LogP contribution is -2.09. The molecule has 1 aliphatic carbocycles. The molecule has 0 saturated carbocycles. The summed E-state index contributed by atoms with van der Waals surface area (Å²) >= 11 is 0. The molecule has 170 valence electrons. The maximum Gasteiger partial charge on any atom is 0.306 e. The Hall–Kier alpha value is -3.47. The fraction of sp³-hybridized carbons (Fsp3) is 0.321. The van der Waals surface area contributed by atoms with E-state index in [1.165, 1.54) is 29.4 Å². The summed E-state index contributed by atoms with van der Waals surface area (Å²) in [5, 5.41) is 0. The van der Waals surface area contributed by atoms with Gasteiger partial charge in [0.1, 0.15) is 23.4 Å². The highest BCUT2D eigenvalue weighted by atomic mass is 16.5. The molecule has 0 radical (unpaired) electrons. The van der Waals surface area contributed by atoms with E-state index < -0.39 is 0 Å². The number of benzene rings is 3. The number of methoxy groups -OCH3 is 2. The number of hydrogen-bond acceptors (Lipinski definition) is 5. The highest BCUT2D eigenvalue weighted by molar-refractivity contribution is 5.74. The number of carbonyl (C=O) groups excluding carboxylic acids is 1. The van der Waals surface area contributed by atoms with Gasteiger partial charge in [0.25, 0.3) is 0 Å². The van der Waals surface area contributed by atoms with Crippen molar-refractivity contribution in [1.82, 2.24) is 0 Å². The molecule has 5 rings (SSSR count). The van der Waals surface area contributed by atoms with Gasteiger partial charge in [-0.1, -0.05) is 36.4 Å². The van der Waals surface area contributed by atoms with Crippen molar-refractivity contribution in [1.29, 1.82) is 0 Å². The van der Waals surface area contributed by atoms with Crippen molar-refractivity contribution in [2.45, 2.75) is 38.2 Å². The number of carbonyl (C=O) groups is 1. The van der Waals surface area contributed by atoms with Crippen molar-refractivity contribution in [3.63, 3.8) is 0 Å². The normalized spacial score (nSPS) is 18.3. The van der Waals surface area contributed by atoms with Gasteiger partial charge >= 0.3 is 5.97 Å². The highest BCUT2D eigenvalue weighted by Gasteiger charge is 2.30. The second kappa shape index (κ2) is 8.81. The summed E-state index contributed by atoms with van der Waals surface area (Å²) < 4.78 is 22.6. The number of hydrogen-bond donors (Lipinski definition) is 0. The van der Waals surface area contributed by atoms with Crippen molar-refractivity contribution in [3.8, 4) is 28.4 Å². The van der Waals surface area contributed by atoms with Crippen molar-refractivity contribution < 1.29 is 23.7 Å². The number of ether oxygens (including phenoxy) is 4. The molecule has 2 atom stereocenters. The zero-order chi connectivity index (χ0) is 22.9. The fourth-order valence-corrected chi connectivity index (χ4v) is 5.07. The first-order valence-corrected chi connectivity index (χ1v) is 11.3. The molecule has 0 N–H and O–H groups in total. The summed E-state index contributed by atoms with van der Waals surface area (Å²) in [5.41, 5.74) is 7.21. The molecule has 0 unspecified atom stereocenters. The van der Waals surface area contributed by atoms with Crippen LogP contribution in [0.5, 0.6) is 17.2 Å². The lowest BCUT2D eigenvalue weighted by molar-refractivity contribution is -0.141. The van der Waals surface area contributed by atoms with Gasteiger partial charge in [-0.05, 0) is 59.7 Å². The van der Waals surface area contributed by atoms with Crippen molar-refractivity contribution in [2.75, 3.05) is 20.8 Å². The zero-order valence-electron chi connectivity index (χ0n) is 19.2. The van der Waals surface area contributed by atoms with Gasteiger partial charge in [0.05, 0.1) is 27.2 Å². The molecule has 3 aromatic carbocycles. The van der Waals surface area contributed by atoms with E-state index >= 15 is 0 Å². The average Bonchev–Trinajstić information content (AvgIpc) is 3.43. The molecular formula is C28H28O5. The zero-order valence-corrected chi connectivity index (χ0v) is 19.2. The van der Waals surface area contributed by atoms with E-state index in [0.29, 0.717) is 13.0 Å². The molecule has 2 aliphatic rings. The van der Waals surface area contributed by atoms with Crippen LogP contribution in [0.4, 0.5) is 0 Å². The first-order valence-electron chi connectivity index (χ1n) is 11.3. The molecule has 5 nitrogen and oxygen atoms in total. The van der Waals surface area contributed by atoms with E-state index in [4.69, 9.17) is 18.9 Å². The van der Waals surface area contributed by atoms with Crippen LogP contribution in [-0.2, 0) is 16.0 Å². The number of fused-ring (bicyclic) bond motifs is 2. The van der Waals surface area contributed by atoms with E-state index in [9.17, 15) is 4.79 Å². The van der Waals surface area contributed by atoms with Crippen LogP contribution < -0.4 is 14.2 Å². The monoisotopic (exact) mass is 444 g/mol. The third-order valence-electron chi connectivity index (χ3n) is 6.79. The molecule has 0 amide bonds. The summed E-state index contributed by atoms with van der Waals surface area (Å²) in [5.74, 6) is 2.29. The lowest BCUT2D eigenvalue weighted by atomic mass is 9.93. The van der Waals surface area contributed by atoms with Gasteiger partial charge in [-0.3, -0.25) is 4.79 Å².